The number of fused-ring (bicyclic) bond motifs is 1. The highest BCUT2D eigenvalue weighted by Gasteiger charge is 2.31. The summed E-state index contributed by atoms with van der Waals surface area (Å²) in [6.45, 7) is 4.52. The molecular formula is C27H32FN3O5. The lowest BCUT2D eigenvalue weighted by Gasteiger charge is -2.29. The predicted octanol–water partition coefficient (Wildman–Crippen LogP) is 2.69. The molecule has 0 bridgehead atoms. The van der Waals surface area contributed by atoms with Crippen molar-refractivity contribution in [1.82, 2.24) is 10.2 Å². The molecule has 5 rings (SSSR count). The van der Waals surface area contributed by atoms with Crippen LogP contribution in [0.5, 0.6) is 11.5 Å². The normalized spacial score (nSPS) is 19.2. The van der Waals surface area contributed by atoms with Gasteiger partial charge in [-0.25, -0.2) is 4.39 Å². The van der Waals surface area contributed by atoms with Crippen LogP contribution < -0.4 is 19.7 Å². The minimum absolute atomic E-state index is 0.0184. The summed E-state index contributed by atoms with van der Waals surface area (Å²) in [7, 11) is 0. The zero-order valence-electron chi connectivity index (χ0n) is 20.2. The second kappa shape index (κ2) is 10.8. The lowest BCUT2D eigenvalue weighted by atomic mass is 10.00. The molecular weight excluding hydrogens is 465 g/mol. The van der Waals surface area contributed by atoms with Crippen molar-refractivity contribution in [2.45, 2.75) is 37.8 Å². The van der Waals surface area contributed by atoms with Gasteiger partial charge in [0.25, 0.3) is 5.91 Å². The van der Waals surface area contributed by atoms with E-state index in [1.807, 2.05) is 12.1 Å². The molecule has 2 aromatic carbocycles. The van der Waals surface area contributed by atoms with Gasteiger partial charge in [0.05, 0.1) is 6.04 Å². The molecule has 2 saturated heterocycles. The summed E-state index contributed by atoms with van der Waals surface area (Å²) < 4.78 is 25.5. The third-order valence-corrected chi connectivity index (χ3v) is 7.12. The summed E-state index contributed by atoms with van der Waals surface area (Å²) in [4.78, 5) is 30.3. The van der Waals surface area contributed by atoms with Crippen LogP contribution in [0.1, 0.15) is 47.7 Å². The van der Waals surface area contributed by atoms with Crippen LogP contribution in [0.2, 0.25) is 0 Å². The van der Waals surface area contributed by atoms with E-state index in [-0.39, 0.29) is 35.8 Å². The number of nitrogens with zero attached hydrogens (tertiary/aromatic N) is 2. The lowest BCUT2D eigenvalue weighted by molar-refractivity contribution is -0.118. The molecule has 0 aliphatic carbocycles. The van der Waals surface area contributed by atoms with Gasteiger partial charge in [-0.3, -0.25) is 9.59 Å². The van der Waals surface area contributed by atoms with Crippen molar-refractivity contribution in [3.63, 3.8) is 0 Å². The van der Waals surface area contributed by atoms with E-state index in [9.17, 15) is 19.1 Å². The molecule has 0 unspecified atom stereocenters. The first kappa shape index (κ1) is 24.5. The number of aliphatic hydroxyl groups is 1. The molecule has 0 radical (unpaired) electrons. The molecule has 1 amide bonds. The monoisotopic (exact) mass is 497 g/mol. The molecule has 8 nitrogen and oxygen atoms in total. The van der Waals surface area contributed by atoms with E-state index in [0.717, 1.165) is 57.5 Å². The van der Waals surface area contributed by atoms with Crippen molar-refractivity contribution in [3.05, 3.63) is 53.3 Å². The van der Waals surface area contributed by atoms with E-state index < -0.39 is 29.7 Å². The smallest absolute Gasteiger partial charge is 0.292 e. The van der Waals surface area contributed by atoms with Crippen molar-refractivity contribution in [2.24, 2.45) is 0 Å². The first-order valence-corrected chi connectivity index (χ1v) is 12.7. The average molecular weight is 498 g/mol. The minimum atomic E-state index is -1.25. The van der Waals surface area contributed by atoms with Gasteiger partial charge in [-0.05, 0) is 80.7 Å². The fraction of sp³-hybridized carbons (Fsp3) is 0.481. The van der Waals surface area contributed by atoms with Crippen LogP contribution in [0.15, 0.2) is 36.4 Å². The van der Waals surface area contributed by atoms with E-state index in [4.69, 9.17) is 9.47 Å². The average Bonchev–Trinajstić information content (AvgIpc) is 3.62. The topological polar surface area (TPSA) is 91.3 Å². The molecule has 2 aromatic rings. The first-order valence-electron chi connectivity index (χ1n) is 12.7. The van der Waals surface area contributed by atoms with Crippen LogP contribution in [0.3, 0.4) is 0 Å². The number of nitrogens with one attached hydrogen (secondary N) is 1. The van der Waals surface area contributed by atoms with E-state index in [1.54, 1.807) is 12.1 Å². The Labute approximate surface area is 210 Å². The van der Waals surface area contributed by atoms with Crippen LogP contribution in [0.4, 0.5) is 10.1 Å². The fourth-order valence-corrected chi connectivity index (χ4v) is 5.17. The zero-order chi connectivity index (χ0) is 25.1. The van der Waals surface area contributed by atoms with Crippen molar-refractivity contribution < 1.29 is 28.6 Å². The number of likely N-dealkylation sites (tertiary alicyclic amines) is 1. The Balaban J connectivity index is 1.32. The van der Waals surface area contributed by atoms with Crippen LogP contribution in [0, 0.1) is 5.82 Å². The Kier molecular flexibility index (Phi) is 7.38. The Morgan fingerprint density at radius 3 is 2.36 bits per heavy atom. The SMILES string of the molecule is O=C(N[C@H](CN1CCCC1)[C@H](O)c1cc(F)c2c(c1)OCCO2)C(=O)c1ccc(N2CCCC2)cc1. The highest BCUT2D eigenvalue weighted by atomic mass is 19.1. The van der Waals surface area contributed by atoms with E-state index in [2.05, 4.69) is 15.1 Å². The number of ketones is 1. The molecule has 0 saturated carbocycles. The molecule has 36 heavy (non-hydrogen) atoms. The lowest BCUT2D eigenvalue weighted by Crippen LogP contribution is -2.48. The number of Topliss-reactive ketones (excluding diaryl/α,β-unsaturated/α-hetero) is 1. The molecule has 0 aromatic heterocycles. The van der Waals surface area contributed by atoms with Crippen molar-refractivity contribution in [1.29, 1.82) is 0 Å². The van der Waals surface area contributed by atoms with E-state index >= 15 is 0 Å². The highest BCUT2D eigenvalue weighted by Crippen LogP contribution is 2.36. The number of anilines is 1. The number of rotatable bonds is 8. The molecule has 3 heterocycles. The third-order valence-electron chi connectivity index (χ3n) is 7.12. The Morgan fingerprint density at radius 2 is 1.64 bits per heavy atom. The largest absolute Gasteiger partial charge is 0.486 e. The Hall–Kier alpha value is -3.17. The number of hydrogen-bond donors (Lipinski definition) is 2. The van der Waals surface area contributed by atoms with Crippen LogP contribution in [-0.2, 0) is 4.79 Å². The molecule has 3 aliphatic heterocycles. The summed E-state index contributed by atoms with van der Waals surface area (Å²) in [5, 5.41) is 13.9. The number of aliphatic hydroxyl groups excluding tert-OH is 1. The predicted molar refractivity (Wildman–Crippen MR) is 132 cm³/mol. The van der Waals surface area contributed by atoms with Crippen LogP contribution in [-0.4, -0.2) is 73.7 Å². The molecule has 0 spiro atoms. The summed E-state index contributed by atoms with van der Waals surface area (Å²) in [6, 6.07) is 8.96. The number of halogens is 1. The molecule has 9 heteroatoms. The van der Waals surface area contributed by atoms with Crippen molar-refractivity contribution in [3.8, 4) is 11.5 Å². The standard InChI is InChI=1S/C27H32FN3O5/c28-21-15-19(16-23-26(21)36-14-13-35-23)24(32)22(17-30-9-1-2-10-30)29-27(34)25(33)18-5-7-20(8-6-18)31-11-3-4-12-31/h5-8,15-16,22,24,32H,1-4,9-14,17H2,(H,29,34)/t22-,24-/m1/s1. The van der Waals surface area contributed by atoms with Crippen molar-refractivity contribution in [2.75, 3.05) is 50.8 Å². The molecule has 2 fully saturated rings. The van der Waals surface area contributed by atoms with Crippen LogP contribution in [0.25, 0.3) is 0 Å². The molecule has 3 aliphatic rings. The van der Waals surface area contributed by atoms with Gasteiger partial charge < -0.3 is 29.7 Å². The number of carbonyl (C=O) groups is 2. The summed E-state index contributed by atoms with van der Waals surface area (Å²) in [6.07, 6.45) is 3.11. The quantitative estimate of drug-likeness (QED) is 0.428. The Bertz CT molecular complexity index is 1100. The van der Waals surface area contributed by atoms with Gasteiger partial charge in [-0.1, -0.05) is 0 Å². The number of carbonyl (C=O) groups excluding carboxylic acids is 2. The number of amides is 1. The van der Waals surface area contributed by atoms with Crippen molar-refractivity contribution >= 4 is 17.4 Å². The van der Waals surface area contributed by atoms with Gasteiger partial charge in [0, 0.05) is 30.9 Å². The van der Waals surface area contributed by atoms with Gasteiger partial charge >= 0.3 is 0 Å². The van der Waals surface area contributed by atoms with Crippen LogP contribution >= 0.6 is 0 Å². The van der Waals surface area contributed by atoms with Gasteiger partial charge in [-0.15, -0.1) is 0 Å². The number of ether oxygens (including phenoxy) is 2. The minimum Gasteiger partial charge on any atom is -0.486 e. The molecule has 2 atom stereocenters. The third kappa shape index (κ3) is 5.32. The van der Waals surface area contributed by atoms with Gasteiger partial charge in [0.15, 0.2) is 17.3 Å². The molecule has 2 N–H and O–H groups in total. The van der Waals surface area contributed by atoms with E-state index in [0.29, 0.717) is 6.54 Å². The van der Waals surface area contributed by atoms with E-state index in [1.165, 1.54) is 12.1 Å². The van der Waals surface area contributed by atoms with Gasteiger partial charge in [0.2, 0.25) is 5.78 Å². The highest BCUT2D eigenvalue weighted by molar-refractivity contribution is 6.42. The second-order valence-electron chi connectivity index (χ2n) is 9.63. The summed E-state index contributed by atoms with van der Waals surface area (Å²) >= 11 is 0. The van der Waals surface area contributed by atoms with Gasteiger partial charge in [-0.2, -0.15) is 0 Å². The maximum absolute atomic E-state index is 14.6. The Morgan fingerprint density at radius 1 is 0.972 bits per heavy atom. The maximum Gasteiger partial charge on any atom is 0.292 e. The molecule has 192 valence electrons. The van der Waals surface area contributed by atoms with Gasteiger partial charge in [0.1, 0.15) is 19.3 Å². The summed E-state index contributed by atoms with van der Waals surface area (Å²) in [5.41, 5.74) is 1.58. The number of benzene rings is 2. The fourth-order valence-electron chi connectivity index (χ4n) is 5.17. The first-order chi connectivity index (χ1) is 17.5. The number of hydrogen-bond acceptors (Lipinski definition) is 7. The summed E-state index contributed by atoms with van der Waals surface area (Å²) in [5.74, 6) is -1.87. The zero-order valence-corrected chi connectivity index (χ0v) is 20.2. The maximum atomic E-state index is 14.6. The second-order valence-corrected chi connectivity index (χ2v) is 9.63.